The summed E-state index contributed by atoms with van der Waals surface area (Å²) in [7, 11) is 0. The average Bonchev–Trinajstić information content (AvgIpc) is 3.24. The standard InChI is InChI=1S/C23H23N5O2/c1-2-19-18(16-27-28(19)21-11-3-4-12-24-21)23(29)26-14-7-15-30-20-10-5-8-17-9-6-13-25-22(17)20/h3-6,8-13,16H,2,7,14-15H2,1H3,(H,26,29). The van der Waals surface area contributed by atoms with E-state index in [4.69, 9.17) is 4.74 Å². The van der Waals surface area contributed by atoms with Crippen molar-refractivity contribution in [1.82, 2.24) is 25.1 Å². The number of carbonyl (C=O) groups excluding carboxylic acids is 1. The zero-order valence-electron chi connectivity index (χ0n) is 16.8. The third kappa shape index (κ3) is 4.15. The molecule has 0 unspecified atom stereocenters. The normalized spacial score (nSPS) is 10.8. The number of carbonyl (C=O) groups is 1. The molecule has 0 aliphatic heterocycles. The van der Waals surface area contributed by atoms with Crippen molar-refractivity contribution in [3.63, 3.8) is 0 Å². The zero-order chi connectivity index (χ0) is 20.8. The maximum Gasteiger partial charge on any atom is 0.254 e. The van der Waals surface area contributed by atoms with Crippen LogP contribution < -0.4 is 10.1 Å². The largest absolute Gasteiger partial charge is 0.491 e. The molecule has 1 amide bonds. The molecule has 0 fully saturated rings. The minimum atomic E-state index is -0.138. The Hall–Kier alpha value is -3.74. The number of amides is 1. The van der Waals surface area contributed by atoms with Gasteiger partial charge in [0.1, 0.15) is 11.3 Å². The summed E-state index contributed by atoms with van der Waals surface area (Å²) >= 11 is 0. The number of nitrogens with one attached hydrogen (secondary N) is 1. The summed E-state index contributed by atoms with van der Waals surface area (Å²) in [6.45, 7) is 3.00. The lowest BCUT2D eigenvalue weighted by Gasteiger charge is -2.10. The quantitative estimate of drug-likeness (QED) is 0.457. The van der Waals surface area contributed by atoms with Crippen molar-refractivity contribution in [1.29, 1.82) is 0 Å². The molecular weight excluding hydrogens is 378 g/mol. The van der Waals surface area contributed by atoms with Gasteiger partial charge in [0.25, 0.3) is 5.91 Å². The van der Waals surface area contributed by atoms with Crippen LogP contribution in [0.15, 0.2) is 67.1 Å². The number of benzene rings is 1. The van der Waals surface area contributed by atoms with Gasteiger partial charge in [-0.05, 0) is 37.1 Å². The monoisotopic (exact) mass is 401 g/mol. The first-order chi connectivity index (χ1) is 14.8. The van der Waals surface area contributed by atoms with Crippen LogP contribution in [0.4, 0.5) is 0 Å². The average molecular weight is 401 g/mol. The summed E-state index contributed by atoms with van der Waals surface area (Å²) in [5.41, 5.74) is 2.25. The lowest BCUT2D eigenvalue weighted by atomic mass is 10.2. The fourth-order valence-electron chi connectivity index (χ4n) is 3.32. The van der Waals surface area contributed by atoms with Crippen molar-refractivity contribution < 1.29 is 9.53 Å². The molecule has 4 aromatic rings. The number of para-hydroxylation sites is 1. The highest BCUT2D eigenvalue weighted by molar-refractivity contribution is 5.95. The van der Waals surface area contributed by atoms with Crippen LogP contribution in [0, 0.1) is 0 Å². The Morgan fingerprint density at radius 3 is 2.77 bits per heavy atom. The van der Waals surface area contributed by atoms with Crippen molar-refractivity contribution in [3.05, 3.63) is 78.4 Å². The third-order valence-corrected chi connectivity index (χ3v) is 4.77. The maximum atomic E-state index is 12.6. The van der Waals surface area contributed by atoms with E-state index in [0.29, 0.717) is 37.4 Å². The van der Waals surface area contributed by atoms with E-state index >= 15 is 0 Å². The molecule has 3 aromatic heterocycles. The molecule has 0 aliphatic carbocycles. The Morgan fingerprint density at radius 1 is 1.07 bits per heavy atom. The van der Waals surface area contributed by atoms with Gasteiger partial charge < -0.3 is 10.1 Å². The Morgan fingerprint density at radius 2 is 1.93 bits per heavy atom. The summed E-state index contributed by atoms with van der Waals surface area (Å²) < 4.78 is 7.59. The summed E-state index contributed by atoms with van der Waals surface area (Å²) in [4.78, 5) is 21.3. The predicted octanol–water partition coefficient (Wildman–Crippen LogP) is 3.58. The van der Waals surface area contributed by atoms with E-state index in [1.165, 1.54) is 0 Å². The van der Waals surface area contributed by atoms with Crippen LogP contribution in [-0.4, -0.2) is 38.8 Å². The minimum Gasteiger partial charge on any atom is -0.491 e. The van der Waals surface area contributed by atoms with Crippen LogP contribution in [0.25, 0.3) is 16.7 Å². The lowest BCUT2D eigenvalue weighted by Crippen LogP contribution is -2.26. The van der Waals surface area contributed by atoms with Gasteiger partial charge in [0, 0.05) is 24.3 Å². The number of nitrogens with zero attached hydrogens (tertiary/aromatic N) is 4. The van der Waals surface area contributed by atoms with Gasteiger partial charge >= 0.3 is 0 Å². The number of fused-ring (bicyclic) bond motifs is 1. The predicted molar refractivity (Wildman–Crippen MR) is 115 cm³/mol. The van der Waals surface area contributed by atoms with Gasteiger partial charge in [0.05, 0.1) is 24.1 Å². The zero-order valence-corrected chi connectivity index (χ0v) is 16.8. The highest BCUT2D eigenvalue weighted by Crippen LogP contribution is 2.22. The topological polar surface area (TPSA) is 81.9 Å². The Labute approximate surface area is 174 Å². The van der Waals surface area contributed by atoms with Crippen molar-refractivity contribution in [2.24, 2.45) is 0 Å². The first-order valence-electron chi connectivity index (χ1n) is 10.0. The molecule has 0 saturated carbocycles. The second kappa shape index (κ2) is 9.17. The molecule has 0 aliphatic rings. The van der Waals surface area contributed by atoms with E-state index in [1.807, 2.05) is 55.5 Å². The van der Waals surface area contributed by atoms with Crippen LogP contribution in [0.2, 0.25) is 0 Å². The van der Waals surface area contributed by atoms with Gasteiger partial charge in [0.15, 0.2) is 5.82 Å². The van der Waals surface area contributed by atoms with Crippen LogP contribution >= 0.6 is 0 Å². The summed E-state index contributed by atoms with van der Waals surface area (Å²) in [6, 6.07) is 15.4. The first-order valence-corrected chi connectivity index (χ1v) is 10.0. The Balaban J connectivity index is 1.33. The molecule has 4 rings (SSSR count). The summed E-state index contributed by atoms with van der Waals surface area (Å²) in [5.74, 6) is 1.32. The Bertz CT molecular complexity index is 1140. The van der Waals surface area contributed by atoms with Gasteiger partial charge in [-0.25, -0.2) is 9.67 Å². The van der Waals surface area contributed by atoms with E-state index in [2.05, 4.69) is 20.4 Å². The van der Waals surface area contributed by atoms with Gasteiger partial charge in [0.2, 0.25) is 0 Å². The summed E-state index contributed by atoms with van der Waals surface area (Å²) in [5, 5.41) is 8.35. The van der Waals surface area contributed by atoms with Crippen molar-refractivity contribution in [2.75, 3.05) is 13.2 Å². The second-order valence-corrected chi connectivity index (χ2v) is 6.75. The summed E-state index contributed by atoms with van der Waals surface area (Å²) in [6.07, 6.45) is 6.43. The van der Waals surface area contributed by atoms with Gasteiger partial charge in [-0.1, -0.05) is 31.2 Å². The third-order valence-electron chi connectivity index (χ3n) is 4.77. The SMILES string of the molecule is CCc1c(C(=O)NCCCOc2cccc3cccnc23)cnn1-c1ccccn1. The molecule has 3 heterocycles. The fraction of sp³-hybridized carbons (Fsp3) is 0.217. The minimum absolute atomic E-state index is 0.138. The molecule has 0 spiro atoms. The molecule has 152 valence electrons. The molecule has 0 saturated heterocycles. The van der Waals surface area contributed by atoms with Gasteiger partial charge in [-0.3, -0.25) is 9.78 Å². The molecule has 30 heavy (non-hydrogen) atoms. The molecule has 0 radical (unpaired) electrons. The van der Waals surface area contributed by atoms with Crippen LogP contribution in [0.1, 0.15) is 29.4 Å². The number of ether oxygens (including phenoxy) is 1. The number of rotatable bonds is 8. The maximum absolute atomic E-state index is 12.6. The lowest BCUT2D eigenvalue weighted by molar-refractivity contribution is 0.0950. The second-order valence-electron chi connectivity index (χ2n) is 6.75. The van der Waals surface area contributed by atoms with Crippen molar-refractivity contribution >= 4 is 16.8 Å². The van der Waals surface area contributed by atoms with Crippen molar-refractivity contribution in [3.8, 4) is 11.6 Å². The molecular formula is C23H23N5O2. The number of hydrogen-bond acceptors (Lipinski definition) is 5. The number of hydrogen-bond donors (Lipinski definition) is 1. The van der Waals surface area contributed by atoms with E-state index in [1.54, 1.807) is 23.3 Å². The van der Waals surface area contributed by atoms with E-state index in [9.17, 15) is 4.79 Å². The van der Waals surface area contributed by atoms with E-state index < -0.39 is 0 Å². The van der Waals surface area contributed by atoms with Crippen LogP contribution in [0.3, 0.4) is 0 Å². The smallest absolute Gasteiger partial charge is 0.254 e. The van der Waals surface area contributed by atoms with E-state index in [0.717, 1.165) is 22.3 Å². The fourth-order valence-corrected chi connectivity index (χ4v) is 3.32. The molecule has 0 bridgehead atoms. The molecule has 0 atom stereocenters. The number of aromatic nitrogens is 4. The Kier molecular flexibility index (Phi) is 5.98. The molecule has 1 aromatic carbocycles. The molecule has 1 N–H and O–H groups in total. The highest BCUT2D eigenvalue weighted by atomic mass is 16.5. The van der Waals surface area contributed by atoms with Crippen LogP contribution in [0.5, 0.6) is 5.75 Å². The van der Waals surface area contributed by atoms with Crippen LogP contribution in [-0.2, 0) is 6.42 Å². The first kappa shape index (κ1) is 19.6. The van der Waals surface area contributed by atoms with Crippen molar-refractivity contribution in [2.45, 2.75) is 19.8 Å². The van der Waals surface area contributed by atoms with E-state index in [-0.39, 0.29) is 5.91 Å². The molecule has 7 heteroatoms. The van der Waals surface area contributed by atoms with Gasteiger partial charge in [-0.2, -0.15) is 5.10 Å². The van der Waals surface area contributed by atoms with Gasteiger partial charge in [-0.15, -0.1) is 0 Å². The highest BCUT2D eigenvalue weighted by Gasteiger charge is 2.17. The number of pyridine rings is 2. The molecule has 7 nitrogen and oxygen atoms in total.